The summed E-state index contributed by atoms with van der Waals surface area (Å²) >= 11 is 0. The number of piperidine rings is 1. The van der Waals surface area contributed by atoms with Crippen LogP contribution in [0.5, 0.6) is 0 Å². The number of nitrogens with zero attached hydrogens (tertiary/aromatic N) is 1. The highest BCUT2D eigenvalue weighted by atomic mass is 16.6. The molecule has 0 unspecified atom stereocenters. The summed E-state index contributed by atoms with van der Waals surface area (Å²) in [6.07, 6.45) is 8.21. The molecular weight excluding hydrogens is 242 g/mol. The van der Waals surface area contributed by atoms with Crippen LogP contribution in [0.25, 0.3) is 0 Å². The molecule has 0 radical (unpaired) electrons. The van der Waals surface area contributed by atoms with Crippen LogP contribution in [0, 0.1) is 17.8 Å². The maximum Gasteiger partial charge on any atom is 0.410 e. The van der Waals surface area contributed by atoms with E-state index in [1.54, 1.807) is 4.90 Å². The van der Waals surface area contributed by atoms with E-state index < -0.39 is 11.2 Å². The highest BCUT2D eigenvalue weighted by molar-refractivity contribution is 5.68. The predicted molar refractivity (Wildman–Crippen MR) is 72.5 cm³/mol. The fraction of sp³-hybridized carbons (Fsp3) is 0.800. The summed E-state index contributed by atoms with van der Waals surface area (Å²) < 4.78 is 5.36. The highest BCUT2D eigenvalue weighted by Crippen LogP contribution is 2.54. The van der Waals surface area contributed by atoms with Gasteiger partial charge in [0.05, 0.1) is 0 Å². The van der Waals surface area contributed by atoms with Crippen LogP contribution in [0.4, 0.5) is 4.79 Å². The van der Waals surface area contributed by atoms with Gasteiger partial charge in [0.2, 0.25) is 0 Å². The number of hydrogen-bond donors (Lipinski definition) is 1. The number of amides is 1. The van der Waals surface area contributed by atoms with Gasteiger partial charge in [-0.1, -0.05) is 5.92 Å². The lowest BCUT2D eigenvalue weighted by molar-refractivity contribution is -0.111. The number of carbonyl (C=O) groups excluding carboxylic acids is 1. The van der Waals surface area contributed by atoms with Crippen LogP contribution < -0.4 is 0 Å². The van der Waals surface area contributed by atoms with Crippen LogP contribution in [0.15, 0.2) is 0 Å². The Morgan fingerprint density at radius 2 is 1.84 bits per heavy atom. The first-order chi connectivity index (χ1) is 8.67. The van der Waals surface area contributed by atoms with Gasteiger partial charge >= 0.3 is 6.09 Å². The highest BCUT2D eigenvalue weighted by Gasteiger charge is 2.54. The van der Waals surface area contributed by atoms with Gasteiger partial charge < -0.3 is 14.7 Å². The van der Waals surface area contributed by atoms with Crippen molar-refractivity contribution in [2.24, 2.45) is 5.41 Å². The van der Waals surface area contributed by atoms with Crippen LogP contribution in [-0.2, 0) is 4.74 Å². The number of likely N-dealkylation sites (tertiary alicyclic amines) is 1. The van der Waals surface area contributed by atoms with E-state index in [-0.39, 0.29) is 11.5 Å². The molecular formula is C15H23NO3. The summed E-state index contributed by atoms with van der Waals surface area (Å²) in [7, 11) is 0. The molecule has 1 aliphatic carbocycles. The summed E-state index contributed by atoms with van der Waals surface area (Å²) in [6, 6.07) is 0. The van der Waals surface area contributed by atoms with Crippen molar-refractivity contribution >= 4 is 6.09 Å². The van der Waals surface area contributed by atoms with Gasteiger partial charge in [0.25, 0.3) is 0 Å². The summed E-state index contributed by atoms with van der Waals surface area (Å²) in [6.45, 7) is 6.99. The maximum atomic E-state index is 11.9. The third-order valence-electron chi connectivity index (χ3n) is 4.08. The van der Waals surface area contributed by atoms with E-state index in [1.807, 2.05) is 20.8 Å². The van der Waals surface area contributed by atoms with Crippen molar-refractivity contribution < 1.29 is 14.6 Å². The van der Waals surface area contributed by atoms with Gasteiger partial charge in [0.1, 0.15) is 11.2 Å². The Morgan fingerprint density at radius 3 is 2.26 bits per heavy atom. The largest absolute Gasteiger partial charge is 0.444 e. The second kappa shape index (κ2) is 4.42. The van der Waals surface area contributed by atoms with Gasteiger partial charge in [-0.25, -0.2) is 4.79 Å². The fourth-order valence-electron chi connectivity index (χ4n) is 3.13. The first-order valence-corrected chi connectivity index (χ1v) is 6.85. The third-order valence-corrected chi connectivity index (χ3v) is 4.08. The zero-order valence-corrected chi connectivity index (χ0v) is 12.0. The molecule has 1 saturated heterocycles. The van der Waals surface area contributed by atoms with Crippen LogP contribution in [0.3, 0.4) is 0 Å². The van der Waals surface area contributed by atoms with Gasteiger partial charge in [-0.15, -0.1) is 6.42 Å². The van der Waals surface area contributed by atoms with Gasteiger partial charge in [-0.3, -0.25) is 0 Å². The summed E-state index contributed by atoms with van der Waals surface area (Å²) in [4.78, 5) is 13.7. The Balaban J connectivity index is 1.84. The van der Waals surface area contributed by atoms with Gasteiger partial charge in [0.15, 0.2) is 0 Å². The Morgan fingerprint density at radius 1 is 1.32 bits per heavy atom. The van der Waals surface area contributed by atoms with Crippen LogP contribution in [0.2, 0.25) is 0 Å². The zero-order valence-electron chi connectivity index (χ0n) is 12.0. The zero-order chi connectivity index (χ0) is 14.3. The van der Waals surface area contributed by atoms with Crippen molar-refractivity contribution in [3.05, 3.63) is 0 Å². The van der Waals surface area contributed by atoms with Crippen LogP contribution in [0.1, 0.15) is 46.5 Å². The maximum absolute atomic E-state index is 11.9. The van der Waals surface area contributed by atoms with Crippen molar-refractivity contribution in [2.75, 3.05) is 13.1 Å². The molecule has 0 aromatic rings. The van der Waals surface area contributed by atoms with Crippen LogP contribution >= 0.6 is 0 Å². The fourth-order valence-corrected chi connectivity index (χ4v) is 3.13. The first kappa shape index (κ1) is 14.2. The lowest BCUT2D eigenvalue weighted by Gasteiger charge is -2.54. The summed E-state index contributed by atoms with van der Waals surface area (Å²) in [5.41, 5.74) is -1.22. The summed E-state index contributed by atoms with van der Waals surface area (Å²) in [5.74, 6) is 2.46. The molecule has 106 valence electrons. The van der Waals surface area contributed by atoms with Crippen molar-refractivity contribution in [2.45, 2.75) is 57.7 Å². The lowest BCUT2D eigenvalue weighted by atomic mass is 9.55. The van der Waals surface area contributed by atoms with E-state index in [4.69, 9.17) is 11.2 Å². The molecule has 0 atom stereocenters. The van der Waals surface area contributed by atoms with E-state index in [1.165, 1.54) is 0 Å². The predicted octanol–water partition coefficient (Wildman–Crippen LogP) is 2.16. The molecule has 1 amide bonds. The first-order valence-electron chi connectivity index (χ1n) is 6.85. The molecule has 19 heavy (non-hydrogen) atoms. The molecule has 0 bridgehead atoms. The van der Waals surface area contributed by atoms with Gasteiger partial charge in [-0.2, -0.15) is 0 Å². The van der Waals surface area contributed by atoms with E-state index in [0.717, 1.165) is 12.8 Å². The number of rotatable bonds is 0. The van der Waals surface area contributed by atoms with Gasteiger partial charge in [0, 0.05) is 13.1 Å². The average Bonchev–Trinajstić information content (AvgIpc) is 2.25. The molecule has 2 aliphatic rings. The van der Waals surface area contributed by atoms with Crippen molar-refractivity contribution in [1.82, 2.24) is 4.90 Å². The van der Waals surface area contributed by atoms with Gasteiger partial charge in [-0.05, 0) is 51.9 Å². The Kier molecular flexibility index (Phi) is 3.30. The number of terminal acetylenes is 1. The topological polar surface area (TPSA) is 49.8 Å². The Labute approximate surface area is 115 Å². The Hall–Kier alpha value is -1.21. The average molecular weight is 265 g/mol. The molecule has 2 rings (SSSR count). The Bertz CT molecular complexity index is 400. The van der Waals surface area contributed by atoms with E-state index in [9.17, 15) is 9.90 Å². The molecule has 1 spiro atoms. The van der Waals surface area contributed by atoms with E-state index in [0.29, 0.717) is 25.9 Å². The quantitative estimate of drug-likeness (QED) is 0.683. The lowest BCUT2D eigenvalue weighted by Crippen LogP contribution is -2.56. The smallest absolute Gasteiger partial charge is 0.410 e. The second-order valence-corrected chi connectivity index (χ2v) is 7.00. The normalized spacial score (nSPS) is 24.5. The number of carbonyl (C=O) groups is 1. The molecule has 1 heterocycles. The summed E-state index contributed by atoms with van der Waals surface area (Å²) in [5, 5.41) is 9.92. The number of aliphatic hydroxyl groups is 1. The monoisotopic (exact) mass is 265 g/mol. The molecule has 1 N–H and O–H groups in total. The SMILES string of the molecule is C#CC1(O)CC2(CCN(C(=O)OC(C)(C)C)CC2)C1. The van der Waals surface area contributed by atoms with Crippen molar-refractivity contribution in [3.8, 4) is 12.3 Å². The van der Waals surface area contributed by atoms with Crippen molar-refractivity contribution in [3.63, 3.8) is 0 Å². The molecule has 0 aromatic heterocycles. The van der Waals surface area contributed by atoms with E-state index >= 15 is 0 Å². The van der Waals surface area contributed by atoms with E-state index in [2.05, 4.69) is 5.92 Å². The minimum Gasteiger partial charge on any atom is -0.444 e. The molecule has 4 nitrogen and oxygen atoms in total. The molecule has 0 aromatic carbocycles. The molecule has 4 heteroatoms. The molecule has 2 fully saturated rings. The molecule has 1 saturated carbocycles. The standard InChI is InChI=1S/C15H23NO3/c1-5-15(18)10-14(11-15)6-8-16(9-7-14)12(17)19-13(2,3)4/h1,18H,6-11H2,2-4H3. The third kappa shape index (κ3) is 3.03. The second-order valence-electron chi connectivity index (χ2n) is 7.00. The molecule has 1 aliphatic heterocycles. The number of hydrogen-bond acceptors (Lipinski definition) is 3. The minimum atomic E-state index is -0.909. The minimum absolute atomic E-state index is 0.139. The van der Waals surface area contributed by atoms with Crippen LogP contribution in [-0.4, -0.2) is 40.4 Å². The van der Waals surface area contributed by atoms with Crippen molar-refractivity contribution in [1.29, 1.82) is 0 Å². The number of ether oxygens (including phenoxy) is 1.